The Morgan fingerprint density at radius 3 is 2.82 bits per heavy atom. The molecule has 0 unspecified atom stereocenters. The molecule has 1 fully saturated rings. The number of nitrogens with zero attached hydrogens (tertiary/aromatic N) is 4. The molecule has 0 aromatic carbocycles. The molecule has 0 aliphatic carbocycles. The van der Waals surface area contributed by atoms with Crippen molar-refractivity contribution in [2.24, 2.45) is 0 Å². The van der Waals surface area contributed by atoms with Gasteiger partial charge in [-0.25, -0.2) is 4.98 Å². The van der Waals surface area contributed by atoms with Gasteiger partial charge in [0.15, 0.2) is 4.96 Å². The van der Waals surface area contributed by atoms with E-state index < -0.39 is 0 Å². The molecule has 0 saturated carbocycles. The van der Waals surface area contributed by atoms with E-state index in [2.05, 4.69) is 21.8 Å². The van der Waals surface area contributed by atoms with E-state index in [1.807, 2.05) is 6.20 Å². The molecule has 0 N–H and O–H groups in total. The molecule has 1 saturated heterocycles. The number of hydrogen-bond donors (Lipinski definition) is 0. The lowest BCUT2D eigenvalue weighted by Crippen LogP contribution is -2.43. The maximum Gasteiger partial charge on any atom is 0.267 e. The summed E-state index contributed by atoms with van der Waals surface area (Å²) in [5, 5.41) is 0.608. The molecule has 1 aliphatic heterocycles. The summed E-state index contributed by atoms with van der Waals surface area (Å²) in [4.78, 5) is 24.5. The van der Waals surface area contributed by atoms with Crippen LogP contribution in [0.4, 0.5) is 0 Å². The maximum atomic E-state index is 12.5. The van der Waals surface area contributed by atoms with Crippen molar-refractivity contribution in [2.75, 3.05) is 33.2 Å². The Bertz CT molecular complexity index is 891. The van der Waals surface area contributed by atoms with Crippen LogP contribution < -0.4 is 5.56 Å². The fourth-order valence-electron chi connectivity index (χ4n) is 2.72. The van der Waals surface area contributed by atoms with Gasteiger partial charge in [-0.2, -0.15) is 0 Å². The molecule has 5 nitrogen and oxygen atoms in total. The highest BCUT2D eigenvalue weighted by molar-refractivity contribution is 7.22. The predicted octanol–water partition coefficient (Wildman–Crippen LogP) is 2.37. The quantitative estimate of drug-likeness (QED) is 0.708. The standard InChI is InChI=1S/C14H15ClN4OS2/c1-17-2-4-18(5-3-17)7-9-8-19-13(20)10-6-11(15)22-12(10)16-14(19)21-9/h6,8H,2-5,7H2,1H3. The third-order valence-corrected chi connectivity index (χ3v) is 6.13. The van der Waals surface area contributed by atoms with Crippen molar-refractivity contribution in [3.05, 3.63) is 31.8 Å². The van der Waals surface area contributed by atoms with E-state index in [0.717, 1.165) is 42.5 Å². The van der Waals surface area contributed by atoms with Crippen LogP contribution in [0.1, 0.15) is 4.88 Å². The van der Waals surface area contributed by atoms with Crippen LogP contribution in [0, 0.1) is 0 Å². The summed E-state index contributed by atoms with van der Waals surface area (Å²) in [6, 6.07) is 1.71. The van der Waals surface area contributed by atoms with Crippen LogP contribution in [-0.4, -0.2) is 52.4 Å². The fraction of sp³-hybridized carbons (Fsp3) is 0.429. The Morgan fingerprint density at radius 2 is 2.05 bits per heavy atom. The average molecular weight is 355 g/mol. The number of rotatable bonds is 2. The zero-order valence-corrected chi connectivity index (χ0v) is 14.5. The monoisotopic (exact) mass is 354 g/mol. The smallest absolute Gasteiger partial charge is 0.267 e. The second kappa shape index (κ2) is 5.58. The van der Waals surface area contributed by atoms with Gasteiger partial charge in [0.1, 0.15) is 4.83 Å². The second-order valence-corrected chi connectivity index (χ2v) is 8.37. The number of aromatic nitrogens is 2. The lowest BCUT2D eigenvalue weighted by Gasteiger charge is -2.31. The molecule has 1 aliphatic rings. The van der Waals surface area contributed by atoms with E-state index in [9.17, 15) is 4.79 Å². The Kier molecular flexibility index (Phi) is 3.70. The van der Waals surface area contributed by atoms with Gasteiger partial charge in [-0.05, 0) is 13.1 Å². The van der Waals surface area contributed by atoms with Gasteiger partial charge in [-0.15, -0.1) is 11.3 Å². The molecule has 116 valence electrons. The molecular weight excluding hydrogens is 340 g/mol. The number of fused-ring (bicyclic) bond motifs is 2. The normalized spacial score (nSPS) is 17.7. The van der Waals surface area contributed by atoms with Gasteiger partial charge in [0.2, 0.25) is 0 Å². The van der Waals surface area contributed by atoms with E-state index in [1.54, 1.807) is 21.8 Å². The Labute approximate surface area is 140 Å². The van der Waals surface area contributed by atoms with Crippen molar-refractivity contribution in [2.45, 2.75) is 6.54 Å². The Balaban J connectivity index is 1.68. The molecule has 22 heavy (non-hydrogen) atoms. The first-order valence-corrected chi connectivity index (χ1v) is 9.12. The summed E-state index contributed by atoms with van der Waals surface area (Å²) in [6.45, 7) is 5.21. The topological polar surface area (TPSA) is 40.9 Å². The highest BCUT2D eigenvalue weighted by Crippen LogP contribution is 2.27. The molecule has 0 amide bonds. The largest absolute Gasteiger partial charge is 0.304 e. The minimum absolute atomic E-state index is 0.0240. The Morgan fingerprint density at radius 1 is 1.27 bits per heavy atom. The van der Waals surface area contributed by atoms with Gasteiger partial charge >= 0.3 is 0 Å². The third-order valence-electron chi connectivity index (χ3n) is 4.01. The highest BCUT2D eigenvalue weighted by atomic mass is 35.5. The summed E-state index contributed by atoms with van der Waals surface area (Å²) in [5.41, 5.74) is -0.0240. The van der Waals surface area contributed by atoms with Crippen LogP contribution in [0.3, 0.4) is 0 Å². The van der Waals surface area contributed by atoms with E-state index in [1.165, 1.54) is 16.2 Å². The maximum absolute atomic E-state index is 12.5. The zero-order valence-electron chi connectivity index (χ0n) is 12.1. The summed E-state index contributed by atoms with van der Waals surface area (Å²) in [5.74, 6) is 0. The van der Waals surface area contributed by atoms with E-state index in [4.69, 9.17) is 11.6 Å². The zero-order chi connectivity index (χ0) is 15.3. The minimum atomic E-state index is -0.0240. The molecular formula is C14H15ClN4OS2. The molecule has 8 heteroatoms. The first-order valence-electron chi connectivity index (χ1n) is 7.11. The van der Waals surface area contributed by atoms with Gasteiger partial charge in [0.05, 0.1) is 9.72 Å². The second-order valence-electron chi connectivity index (χ2n) is 5.62. The summed E-state index contributed by atoms with van der Waals surface area (Å²) in [7, 11) is 2.15. The van der Waals surface area contributed by atoms with E-state index >= 15 is 0 Å². The molecule has 0 atom stereocenters. The van der Waals surface area contributed by atoms with Crippen LogP contribution in [0.25, 0.3) is 15.2 Å². The number of halogens is 1. The summed E-state index contributed by atoms with van der Waals surface area (Å²) >= 11 is 8.94. The van der Waals surface area contributed by atoms with Gasteiger partial charge < -0.3 is 4.90 Å². The Hall–Kier alpha value is -0.990. The lowest BCUT2D eigenvalue weighted by molar-refractivity contribution is 0.149. The molecule has 0 spiro atoms. The first kappa shape index (κ1) is 14.6. The number of likely N-dealkylation sites (N-methyl/N-ethyl adjacent to an activating group) is 1. The average Bonchev–Trinajstić information content (AvgIpc) is 3.05. The van der Waals surface area contributed by atoms with Crippen molar-refractivity contribution >= 4 is 49.5 Å². The van der Waals surface area contributed by atoms with Crippen molar-refractivity contribution in [3.8, 4) is 0 Å². The molecule has 4 heterocycles. The van der Waals surface area contributed by atoms with Gasteiger partial charge in [0.25, 0.3) is 5.56 Å². The molecule has 0 radical (unpaired) electrons. The minimum Gasteiger partial charge on any atom is -0.304 e. The van der Waals surface area contributed by atoms with Gasteiger partial charge in [-0.1, -0.05) is 22.9 Å². The van der Waals surface area contributed by atoms with E-state index in [0.29, 0.717) is 9.72 Å². The van der Waals surface area contributed by atoms with E-state index in [-0.39, 0.29) is 5.56 Å². The number of piperazine rings is 1. The number of hydrogen-bond acceptors (Lipinski definition) is 6. The van der Waals surface area contributed by atoms with Crippen molar-refractivity contribution in [3.63, 3.8) is 0 Å². The summed E-state index contributed by atoms with van der Waals surface area (Å²) in [6.07, 6.45) is 1.93. The van der Waals surface area contributed by atoms with Crippen LogP contribution in [0.15, 0.2) is 17.1 Å². The fourth-order valence-corrected chi connectivity index (χ4v) is 4.87. The number of thiophene rings is 1. The molecule has 3 aromatic heterocycles. The van der Waals surface area contributed by atoms with Gasteiger partial charge in [-0.3, -0.25) is 14.1 Å². The van der Waals surface area contributed by atoms with Gasteiger partial charge in [0, 0.05) is 43.8 Å². The lowest BCUT2D eigenvalue weighted by atomic mass is 10.3. The van der Waals surface area contributed by atoms with Crippen molar-refractivity contribution < 1.29 is 0 Å². The van der Waals surface area contributed by atoms with Crippen LogP contribution in [0.2, 0.25) is 4.34 Å². The predicted molar refractivity (Wildman–Crippen MR) is 92.5 cm³/mol. The third kappa shape index (κ3) is 2.57. The van der Waals surface area contributed by atoms with Crippen LogP contribution in [-0.2, 0) is 6.54 Å². The highest BCUT2D eigenvalue weighted by Gasteiger charge is 2.17. The first-order chi connectivity index (χ1) is 10.6. The molecule has 4 rings (SSSR count). The number of thiazole rings is 1. The summed E-state index contributed by atoms with van der Waals surface area (Å²) < 4.78 is 2.26. The van der Waals surface area contributed by atoms with Crippen LogP contribution >= 0.6 is 34.3 Å². The van der Waals surface area contributed by atoms with Crippen LogP contribution in [0.5, 0.6) is 0 Å². The van der Waals surface area contributed by atoms with Crippen molar-refractivity contribution in [1.29, 1.82) is 0 Å². The van der Waals surface area contributed by atoms with Crippen molar-refractivity contribution in [1.82, 2.24) is 19.2 Å². The molecule has 0 bridgehead atoms. The SMILES string of the molecule is CN1CCN(Cc2cn3c(=O)c4cc(Cl)sc4nc3s2)CC1. The molecule has 3 aromatic rings.